The third-order valence-corrected chi connectivity index (χ3v) is 7.13. The van der Waals surface area contributed by atoms with Gasteiger partial charge in [0.05, 0.1) is 36.5 Å². The SMILES string of the molecule is CC.CCOCCOc1ccc(N2CCN(C(C)=NC3=C(C(=NC)NC(CO)C(C)C)SOCC3)CC2)nn1. The Kier molecular flexibility index (Phi) is 15.2. The number of aliphatic hydroxyl groups is 1. The molecular formula is C27H47N7O4S. The first-order valence-corrected chi connectivity index (χ1v) is 14.7. The number of nitrogens with zero attached hydrogens (tertiary/aromatic N) is 6. The fraction of sp³-hybridized carbons (Fsp3) is 0.704. The summed E-state index contributed by atoms with van der Waals surface area (Å²) in [7, 11) is 1.75. The molecule has 1 aromatic rings. The van der Waals surface area contributed by atoms with E-state index < -0.39 is 0 Å². The van der Waals surface area contributed by atoms with Gasteiger partial charge in [-0.15, -0.1) is 10.2 Å². The third kappa shape index (κ3) is 10.3. The van der Waals surface area contributed by atoms with Crippen LogP contribution in [0.5, 0.6) is 5.88 Å². The van der Waals surface area contributed by atoms with Gasteiger partial charge in [0, 0.05) is 64.4 Å². The fourth-order valence-corrected chi connectivity index (χ4v) is 4.70. The van der Waals surface area contributed by atoms with E-state index >= 15 is 0 Å². The molecule has 220 valence electrons. The molecule has 0 aromatic carbocycles. The van der Waals surface area contributed by atoms with Crippen LogP contribution in [-0.2, 0) is 8.92 Å². The van der Waals surface area contributed by atoms with Crippen molar-refractivity contribution in [2.45, 2.75) is 54.0 Å². The van der Waals surface area contributed by atoms with Crippen LogP contribution in [0.3, 0.4) is 0 Å². The van der Waals surface area contributed by atoms with Crippen molar-refractivity contribution in [1.82, 2.24) is 20.4 Å². The first-order chi connectivity index (χ1) is 19.0. The van der Waals surface area contributed by atoms with Gasteiger partial charge in [0.2, 0.25) is 5.88 Å². The largest absolute Gasteiger partial charge is 0.474 e. The van der Waals surface area contributed by atoms with E-state index in [0.29, 0.717) is 44.6 Å². The number of aliphatic imine (C=N–C) groups is 2. The Morgan fingerprint density at radius 2 is 1.92 bits per heavy atom. The van der Waals surface area contributed by atoms with Crippen LogP contribution >= 0.6 is 12.0 Å². The minimum atomic E-state index is -0.0908. The molecule has 1 saturated heterocycles. The number of hydrogen-bond acceptors (Lipinski definition) is 10. The van der Waals surface area contributed by atoms with Crippen LogP contribution in [-0.4, -0.2) is 104 Å². The highest BCUT2D eigenvalue weighted by Gasteiger charge is 2.24. The van der Waals surface area contributed by atoms with Crippen LogP contribution in [0.15, 0.2) is 32.7 Å². The minimum Gasteiger partial charge on any atom is -0.474 e. The molecule has 12 heteroatoms. The average Bonchev–Trinajstić information content (AvgIpc) is 2.98. The van der Waals surface area contributed by atoms with Gasteiger partial charge in [0.25, 0.3) is 0 Å². The van der Waals surface area contributed by atoms with Crippen molar-refractivity contribution in [3.05, 3.63) is 22.7 Å². The summed E-state index contributed by atoms with van der Waals surface area (Å²) in [6, 6.07) is 3.71. The second-order valence-corrected chi connectivity index (χ2v) is 9.90. The number of hydrogen-bond donors (Lipinski definition) is 2. The summed E-state index contributed by atoms with van der Waals surface area (Å²) in [6.45, 7) is 17.8. The molecule has 3 rings (SSSR count). The molecule has 1 unspecified atom stereocenters. The predicted molar refractivity (Wildman–Crippen MR) is 160 cm³/mol. The van der Waals surface area contributed by atoms with Crippen molar-refractivity contribution in [3.8, 4) is 5.88 Å². The van der Waals surface area contributed by atoms with E-state index in [1.54, 1.807) is 7.05 Å². The predicted octanol–water partition coefficient (Wildman–Crippen LogP) is 3.37. The van der Waals surface area contributed by atoms with Crippen LogP contribution in [0, 0.1) is 5.92 Å². The lowest BCUT2D eigenvalue weighted by molar-refractivity contribution is 0.108. The number of nitrogens with one attached hydrogen (secondary N) is 1. The topological polar surface area (TPSA) is 117 Å². The summed E-state index contributed by atoms with van der Waals surface area (Å²) in [5.74, 6) is 3.28. The Bertz CT molecular complexity index is 933. The molecule has 1 fully saturated rings. The number of anilines is 1. The Hall–Kier alpha value is -2.41. The van der Waals surface area contributed by atoms with Crippen LogP contribution in [0.4, 0.5) is 5.82 Å². The highest BCUT2D eigenvalue weighted by molar-refractivity contribution is 7.99. The van der Waals surface area contributed by atoms with E-state index in [9.17, 15) is 5.11 Å². The maximum absolute atomic E-state index is 9.76. The summed E-state index contributed by atoms with van der Waals surface area (Å²) in [4.78, 5) is 14.8. The highest BCUT2D eigenvalue weighted by atomic mass is 32.2. The molecule has 0 bridgehead atoms. The molecule has 2 aliphatic heterocycles. The zero-order chi connectivity index (χ0) is 28.6. The third-order valence-electron chi connectivity index (χ3n) is 6.25. The molecule has 1 atom stereocenters. The average molecular weight is 566 g/mol. The number of ether oxygens (including phenoxy) is 2. The minimum absolute atomic E-state index is 0.0332. The summed E-state index contributed by atoms with van der Waals surface area (Å²) in [5, 5.41) is 21.7. The van der Waals surface area contributed by atoms with Crippen molar-refractivity contribution in [2.24, 2.45) is 15.9 Å². The second kappa shape index (κ2) is 18.0. The highest BCUT2D eigenvalue weighted by Crippen LogP contribution is 2.31. The summed E-state index contributed by atoms with van der Waals surface area (Å²) in [6.07, 6.45) is 0.709. The van der Waals surface area contributed by atoms with Crippen molar-refractivity contribution in [3.63, 3.8) is 0 Å². The molecule has 0 saturated carbocycles. The maximum atomic E-state index is 9.76. The molecule has 0 radical (unpaired) electrons. The first kappa shape index (κ1) is 32.8. The van der Waals surface area contributed by atoms with Crippen LogP contribution in [0.2, 0.25) is 0 Å². The van der Waals surface area contributed by atoms with Gasteiger partial charge in [-0.1, -0.05) is 27.7 Å². The van der Waals surface area contributed by atoms with Gasteiger partial charge in [-0.3, -0.25) is 4.99 Å². The Morgan fingerprint density at radius 3 is 2.51 bits per heavy atom. The van der Waals surface area contributed by atoms with Gasteiger partial charge in [-0.05, 0) is 25.8 Å². The van der Waals surface area contributed by atoms with Crippen molar-refractivity contribution in [2.75, 3.05) is 71.2 Å². The smallest absolute Gasteiger partial charge is 0.233 e. The van der Waals surface area contributed by atoms with Gasteiger partial charge in [-0.2, -0.15) is 0 Å². The molecule has 2 N–H and O–H groups in total. The van der Waals surface area contributed by atoms with E-state index in [-0.39, 0.29) is 18.6 Å². The number of rotatable bonds is 11. The van der Waals surface area contributed by atoms with E-state index in [4.69, 9.17) is 18.6 Å². The zero-order valence-electron chi connectivity index (χ0n) is 24.6. The number of aromatic nitrogens is 2. The van der Waals surface area contributed by atoms with E-state index in [1.807, 2.05) is 32.9 Å². The van der Waals surface area contributed by atoms with Crippen LogP contribution < -0.4 is 15.0 Å². The van der Waals surface area contributed by atoms with Gasteiger partial charge in [-0.25, -0.2) is 4.99 Å². The van der Waals surface area contributed by atoms with Gasteiger partial charge in [0.1, 0.15) is 18.3 Å². The van der Waals surface area contributed by atoms with Crippen LogP contribution in [0.25, 0.3) is 0 Å². The van der Waals surface area contributed by atoms with Gasteiger partial charge in [0.15, 0.2) is 5.82 Å². The summed E-state index contributed by atoms with van der Waals surface area (Å²) >= 11 is 1.30. The lowest BCUT2D eigenvalue weighted by Gasteiger charge is -2.36. The molecule has 11 nitrogen and oxygen atoms in total. The lowest BCUT2D eigenvalue weighted by Crippen LogP contribution is -2.48. The molecule has 0 aliphatic carbocycles. The molecule has 2 aliphatic rings. The quantitative estimate of drug-likeness (QED) is 0.179. The number of amidine groups is 2. The van der Waals surface area contributed by atoms with Crippen molar-refractivity contribution >= 4 is 29.5 Å². The zero-order valence-corrected chi connectivity index (χ0v) is 25.5. The van der Waals surface area contributed by atoms with Crippen molar-refractivity contribution in [1.29, 1.82) is 0 Å². The molecule has 0 spiro atoms. The molecular weight excluding hydrogens is 518 g/mol. The molecule has 0 amide bonds. The normalized spacial score (nSPS) is 17.7. The maximum Gasteiger partial charge on any atom is 0.233 e. The van der Waals surface area contributed by atoms with Gasteiger partial charge < -0.3 is 33.9 Å². The van der Waals surface area contributed by atoms with E-state index in [1.165, 1.54) is 12.0 Å². The number of aliphatic hydroxyl groups excluding tert-OH is 1. The van der Waals surface area contributed by atoms with Gasteiger partial charge >= 0.3 is 0 Å². The Morgan fingerprint density at radius 1 is 1.18 bits per heavy atom. The van der Waals surface area contributed by atoms with Crippen molar-refractivity contribution < 1.29 is 18.8 Å². The fourth-order valence-electron chi connectivity index (χ4n) is 3.95. The summed E-state index contributed by atoms with van der Waals surface area (Å²) < 4.78 is 16.5. The molecule has 39 heavy (non-hydrogen) atoms. The summed E-state index contributed by atoms with van der Waals surface area (Å²) in [5.41, 5.74) is 0.954. The lowest BCUT2D eigenvalue weighted by atomic mass is 10.1. The Balaban J connectivity index is 0.00000260. The Labute approximate surface area is 238 Å². The first-order valence-electron chi connectivity index (χ1n) is 13.9. The second-order valence-electron chi connectivity index (χ2n) is 9.09. The standard InChI is InChI=1S/C25H41N7O4S.C2H6/c1-6-34-15-16-35-23-8-7-22(29-30-23)32-12-10-31(11-13-32)19(4)27-20-9-14-36-37-24(20)25(26-5)28-21(17-33)18(2)3;1-2/h7-8,18,21,33H,6,9-17H2,1-5H3,(H,26,28);1-2H3. The number of piperazine rings is 1. The van der Waals surface area contributed by atoms with E-state index in [0.717, 1.165) is 48.4 Å². The van der Waals surface area contributed by atoms with E-state index in [2.05, 4.69) is 51.1 Å². The molecule has 1 aromatic heterocycles. The monoisotopic (exact) mass is 565 g/mol. The molecule has 3 heterocycles. The van der Waals surface area contributed by atoms with Crippen LogP contribution in [0.1, 0.15) is 48.0 Å².